The van der Waals surface area contributed by atoms with Gasteiger partial charge in [-0.1, -0.05) is 52.8 Å². The van der Waals surface area contributed by atoms with Gasteiger partial charge in [0.1, 0.15) is 51.2 Å². The summed E-state index contributed by atoms with van der Waals surface area (Å²) in [5.41, 5.74) is 1.74. The highest BCUT2D eigenvalue weighted by Crippen LogP contribution is 2.36. The van der Waals surface area contributed by atoms with Crippen LogP contribution in [0.2, 0.25) is 0 Å². The van der Waals surface area contributed by atoms with E-state index in [0.29, 0.717) is 6.61 Å². The molecule has 1 aromatic carbocycles. The number of aromatic nitrogens is 1. The smallest absolute Gasteiger partial charge is 0.274 e. The second kappa shape index (κ2) is 10.0. The standard InChI is InChI=1S/C26H39N3O2/c1-25(2,3)20-26(4,5)21-9-11-23(12-10-21)31-19-22(30)18-28-14-16-29(17-15-28)24-8-6-7-13-27-24/h6-13,22,30H,14-20H2,1-5H3/p+2/t22-/m1/s1. The Balaban J connectivity index is 1.42. The first kappa shape index (κ1) is 23.6. The highest BCUT2D eigenvalue weighted by Gasteiger charge is 2.28. The number of rotatable bonds is 8. The summed E-state index contributed by atoms with van der Waals surface area (Å²) in [4.78, 5) is 7.11. The zero-order valence-corrected chi connectivity index (χ0v) is 19.9. The average Bonchev–Trinajstić information content (AvgIpc) is 2.72. The van der Waals surface area contributed by atoms with Crippen molar-refractivity contribution in [3.8, 4) is 5.75 Å². The minimum atomic E-state index is -0.457. The van der Waals surface area contributed by atoms with Crippen molar-refractivity contribution in [3.63, 3.8) is 0 Å². The monoisotopic (exact) mass is 427 g/mol. The van der Waals surface area contributed by atoms with Crippen LogP contribution in [0, 0.1) is 5.41 Å². The van der Waals surface area contributed by atoms with E-state index < -0.39 is 6.10 Å². The predicted molar refractivity (Wildman–Crippen MR) is 126 cm³/mol. The van der Waals surface area contributed by atoms with Crippen molar-refractivity contribution in [2.45, 2.75) is 52.6 Å². The number of piperazine rings is 1. The molecule has 0 amide bonds. The predicted octanol–water partition coefficient (Wildman–Crippen LogP) is 2.36. The topological polar surface area (TPSA) is 51.3 Å². The highest BCUT2D eigenvalue weighted by atomic mass is 16.5. The van der Waals surface area contributed by atoms with Crippen LogP contribution in [0.5, 0.6) is 5.75 Å². The summed E-state index contributed by atoms with van der Waals surface area (Å²) in [7, 11) is 0. The average molecular weight is 428 g/mol. The summed E-state index contributed by atoms with van der Waals surface area (Å²) in [5, 5.41) is 10.5. The number of ether oxygens (including phenoxy) is 1. The Morgan fingerprint density at radius 2 is 1.71 bits per heavy atom. The molecule has 5 nitrogen and oxygen atoms in total. The van der Waals surface area contributed by atoms with Gasteiger partial charge < -0.3 is 14.7 Å². The number of quaternary nitrogens is 1. The second-order valence-corrected chi connectivity index (χ2v) is 10.8. The van der Waals surface area contributed by atoms with Gasteiger partial charge in [-0.15, -0.1) is 0 Å². The number of anilines is 1. The Morgan fingerprint density at radius 3 is 2.29 bits per heavy atom. The number of nitrogens with one attached hydrogen (secondary N) is 2. The van der Waals surface area contributed by atoms with E-state index in [9.17, 15) is 5.11 Å². The summed E-state index contributed by atoms with van der Waals surface area (Å²) in [5.74, 6) is 1.99. The minimum absolute atomic E-state index is 0.124. The molecule has 1 saturated heterocycles. The molecule has 0 aliphatic carbocycles. The fraction of sp³-hybridized carbons (Fsp3) is 0.577. The van der Waals surface area contributed by atoms with Gasteiger partial charge in [-0.3, -0.25) is 4.90 Å². The van der Waals surface area contributed by atoms with Crippen molar-refractivity contribution in [1.82, 2.24) is 0 Å². The summed E-state index contributed by atoms with van der Waals surface area (Å²) < 4.78 is 5.89. The van der Waals surface area contributed by atoms with Gasteiger partial charge in [-0.2, -0.15) is 0 Å². The summed E-state index contributed by atoms with van der Waals surface area (Å²) in [6, 6.07) is 14.6. The van der Waals surface area contributed by atoms with Gasteiger partial charge in [0.2, 0.25) is 0 Å². The lowest BCUT2D eigenvalue weighted by molar-refractivity contribution is -0.903. The van der Waals surface area contributed by atoms with E-state index in [1.165, 1.54) is 16.3 Å². The fourth-order valence-electron chi connectivity index (χ4n) is 4.86. The van der Waals surface area contributed by atoms with Gasteiger partial charge >= 0.3 is 0 Å². The molecular formula is C26H41N3O2+2. The van der Waals surface area contributed by atoms with Crippen molar-refractivity contribution in [1.29, 1.82) is 0 Å². The zero-order chi connectivity index (χ0) is 22.5. The van der Waals surface area contributed by atoms with E-state index in [1.807, 2.05) is 24.4 Å². The molecule has 170 valence electrons. The third-order valence-electron chi connectivity index (χ3n) is 6.08. The molecule has 31 heavy (non-hydrogen) atoms. The van der Waals surface area contributed by atoms with E-state index in [-0.39, 0.29) is 10.8 Å². The number of hydrogen-bond acceptors (Lipinski definition) is 3. The maximum absolute atomic E-state index is 10.5. The lowest BCUT2D eigenvalue weighted by Gasteiger charge is -2.33. The highest BCUT2D eigenvalue weighted by molar-refractivity contribution is 5.32. The zero-order valence-electron chi connectivity index (χ0n) is 19.9. The summed E-state index contributed by atoms with van der Waals surface area (Å²) >= 11 is 0. The van der Waals surface area contributed by atoms with Gasteiger partial charge in [-0.25, -0.2) is 4.98 Å². The van der Waals surface area contributed by atoms with Gasteiger partial charge in [0.05, 0.1) is 6.20 Å². The third kappa shape index (κ3) is 7.22. The van der Waals surface area contributed by atoms with Crippen LogP contribution < -0.4 is 19.5 Å². The lowest BCUT2D eigenvalue weighted by atomic mass is 9.72. The van der Waals surface area contributed by atoms with E-state index in [1.54, 1.807) is 0 Å². The molecule has 2 aromatic rings. The van der Waals surface area contributed by atoms with Gasteiger partial charge in [0, 0.05) is 6.07 Å². The van der Waals surface area contributed by atoms with Crippen LogP contribution in [-0.4, -0.2) is 50.5 Å². The van der Waals surface area contributed by atoms with Crippen LogP contribution in [0.1, 0.15) is 46.6 Å². The maximum atomic E-state index is 10.5. The first-order valence-corrected chi connectivity index (χ1v) is 11.6. The molecule has 5 heteroatoms. The normalized spacial score (nSPS) is 16.9. The summed E-state index contributed by atoms with van der Waals surface area (Å²) in [6.45, 7) is 16.6. The van der Waals surface area contributed by atoms with E-state index >= 15 is 0 Å². The number of benzene rings is 1. The van der Waals surface area contributed by atoms with Crippen molar-refractivity contribution in [3.05, 3.63) is 54.2 Å². The number of aromatic amines is 1. The molecule has 1 atom stereocenters. The van der Waals surface area contributed by atoms with Gasteiger partial charge in [0.15, 0.2) is 0 Å². The molecule has 1 aromatic heterocycles. The molecule has 0 radical (unpaired) electrons. The Morgan fingerprint density at radius 1 is 1.03 bits per heavy atom. The van der Waals surface area contributed by atoms with Crippen molar-refractivity contribution < 1.29 is 19.7 Å². The first-order chi connectivity index (χ1) is 14.6. The van der Waals surface area contributed by atoms with Crippen molar-refractivity contribution in [2.24, 2.45) is 5.41 Å². The number of aliphatic hydroxyl groups is 1. The number of H-pyrrole nitrogens is 1. The molecule has 1 fully saturated rings. The van der Waals surface area contributed by atoms with Crippen LogP contribution in [0.15, 0.2) is 48.7 Å². The quantitative estimate of drug-likeness (QED) is 0.680. The summed E-state index contributed by atoms with van der Waals surface area (Å²) in [6.07, 6.45) is 2.63. The van der Waals surface area contributed by atoms with Crippen LogP contribution in [0.25, 0.3) is 0 Å². The molecule has 3 N–H and O–H groups in total. The molecule has 0 bridgehead atoms. The molecule has 3 rings (SSSR count). The van der Waals surface area contributed by atoms with E-state index in [0.717, 1.165) is 44.9 Å². The third-order valence-corrected chi connectivity index (χ3v) is 6.08. The van der Waals surface area contributed by atoms with Crippen molar-refractivity contribution in [2.75, 3.05) is 44.2 Å². The minimum Gasteiger partial charge on any atom is -0.491 e. The number of hydrogen-bond donors (Lipinski definition) is 2. The first-order valence-electron chi connectivity index (χ1n) is 11.6. The molecule has 1 aliphatic rings. The van der Waals surface area contributed by atoms with E-state index in [4.69, 9.17) is 4.74 Å². The molecule has 0 unspecified atom stereocenters. The Kier molecular flexibility index (Phi) is 7.60. The van der Waals surface area contributed by atoms with Crippen LogP contribution in [0.3, 0.4) is 0 Å². The number of aliphatic hydroxyl groups excluding tert-OH is 1. The van der Waals surface area contributed by atoms with Crippen LogP contribution >= 0.6 is 0 Å². The van der Waals surface area contributed by atoms with Crippen molar-refractivity contribution >= 4 is 5.82 Å². The number of nitrogens with zero attached hydrogens (tertiary/aromatic N) is 1. The Hall–Kier alpha value is -2.11. The molecule has 1 aliphatic heterocycles. The lowest BCUT2D eigenvalue weighted by Crippen LogP contribution is -3.16. The SMILES string of the molecule is CC(C)(C)CC(C)(C)c1ccc(OC[C@H](O)C[NH+]2CCN(c3cccc[nH+]3)CC2)cc1. The Labute approximate surface area is 188 Å². The van der Waals surface area contributed by atoms with E-state index in [2.05, 4.69) is 68.8 Å². The Bertz CT molecular complexity index is 792. The van der Waals surface area contributed by atoms with Gasteiger partial charge in [-0.05, 0) is 41.0 Å². The maximum Gasteiger partial charge on any atom is 0.274 e. The number of pyridine rings is 1. The van der Waals surface area contributed by atoms with Crippen LogP contribution in [-0.2, 0) is 5.41 Å². The fourth-order valence-corrected chi connectivity index (χ4v) is 4.86. The molecule has 0 spiro atoms. The second-order valence-electron chi connectivity index (χ2n) is 10.8. The molecule has 2 heterocycles. The molecule has 0 saturated carbocycles. The largest absolute Gasteiger partial charge is 0.491 e. The molecular weight excluding hydrogens is 386 g/mol. The van der Waals surface area contributed by atoms with Crippen LogP contribution in [0.4, 0.5) is 5.82 Å². The van der Waals surface area contributed by atoms with Gasteiger partial charge in [0.25, 0.3) is 5.82 Å².